The summed E-state index contributed by atoms with van der Waals surface area (Å²) in [6.07, 6.45) is 6.56. The van der Waals surface area contributed by atoms with Gasteiger partial charge in [0.15, 0.2) is 0 Å². The van der Waals surface area contributed by atoms with Crippen LogP contribution in [-0.4, -0.2) is 24.6 Å². The van der Waals surface area contributed by atoms with E-state index in [0.29, 0.717) is 18.4 Å². The molecule has 0 amide bonds. The highest BCUT2D eigenvalue weighted by Crippen LogP contribution is 2.70. The molecule has 4 nitrogen and oxygen atoms in total. The molecule has 4 fully saturated rings. The van der Waals surface area contributed by atoms with Crippen molar-refractivity contribution in [2.45, 2.75) is 79.2 Å². The van der Waals surface area contributed by atoms with Crippen molar-refractivity contribution >= 4 is 11.9 Å². The van der Waals surface area contributed by atoms with Crippen molar-refractivity contribution in [3.05, 3.63) is 0 Å². The maximum Gasteiger partial charge on any atom is 0.309 e. The van der Waals surface area contributed by atoms with Crippen LogP contribution in [0.5, 0.6) is 0 Å². The number of rotatable bonds is 1. The second-order valence-corrected chi connectivity index (χ2v) is 10.6. The smallest absolute Gasteiger partial charge is 0.309 e. The average Bonchev–Trinajstić information content (AvgIpc) is 2.91. The molecule has 3 saturated carbocycles. The summed E-state index contributed by atoms with van der Waals surface area (Å²) in [5.74, 6) is 0.980. The van der Waals surface area contributed by atoms with Crippen LogP contribution in [-0.2, 0) is 19.1 Å². The second kappa shape index (κ2) is 5.72. The number of carbonyl (C=O) groups is 2. The predicted molar refractivity (Wildman–Crippen MR) is 98.2 cm³/mol. The molecular weight excluding hydrogens is 328 g/mol. The monoisotopic (exact) mass is 362 g/mol. The zero-order valence-corrected chi connectivity index (χ0v) is 17.0. The molecule has 1 saturated heterocycles. The topological polar surface area (TPSA) is 52.6 Å². The van der Waals surface area contributed by atoms with E-state index in [4.69, 9.17) is 9.47 Å². The summed E-state index contributed by atoms with van der Waals surface area (Å²) >= 11 is 0. The van der Waals surface area contributed by atoms with Gasteiger partial charge in [-0.3, -0.25) is 9.59 Å². The van der Waals surface area contributed by atoms with E-state index >= 15 is 0 Å². The Morgan fingerprint density at radius 3 is 2.54 bits per heavy atom. The van der Waals surface area contributed by atoms with E-state index in [1.807, 2.05) is 0 Å². The molecule has 0 radical (unpaired) electrons. The summed E-state index contributed by atoms with van der Waals surface area (Å²) in [6.45, 7) is 11.6. The van der Waals surface area contributed by atoms with Gasteiger partial charge in [0.2, 0.25) is 0 Å². The summed E-state index contributed by atoms with van der Waals surface area (Å²) in [5.41, 5.74) is 0.356. The highest BCUT2D eigenvalue weighted by atomic mass is 16.5. The SMILES string of the molecule is CC(=O)OC1CC2C(C)(C)CCCC2(C)C2CCC3C(=O)OCC3C12C. The molecule has 0 bridgehead atoms. The molecule has 0 aromatic rings. The van der Waals surface area contributed by atoms with Gasteiger partial charge in [-0.2, -0.15) is 0 Å². The Morgan fingerprint density at radius 2 is 1.85 bits per heavy atom. The lowest BCUT2D eigenvalue weighted by atomic mass is 9.38. The van der Waals surface area contributed by atoms with E-state index in [-0.39, 0.29) is 46.1 Å². The zero-order valence-electron chi connectivity index (χ0n) is 17.0. The lowest BCUT2D eigenvalue weighted by molar-refractivity contribution is -0.230. The average molecular weight is 363 g/mol. The van der Waals surface area contributed by atoms with Crippen molar-refractivity contribution in [3.63, 3.8) is 0 Å². The van der Waals surface area contributed by atoms with Crippen molar-refractivity contribution < 1.29 is 19.1 Å². The Kier molecular flexibility index (Phi) is 4.03. The van der Waals surface area contributed by atoms with Crippen LogP contribution in [0.3, 0.4) is 0 Å². The standard InChI is InChI=1S/C22H34O4/c1-13(23)26-18-11-17-20(2,3)9-6-10-21(17,4)16-8-7-14-15(22(16,18)5)12-25-19(14)24/h14-18H,6-12H2,1-5H3. The minimum atomic E-state index is -0.195. The van der Waals surface area contributed by atoms with Crippen LogP contribution in [0.15, 0.2) is 0 Å². The molecule has 26 heavy (non-hydrogen) atoms. The van der Waals surface area contributed by atoms with Gasteiger partial charge >= 0.3 is 11.9 Å². The normalized spacial score (nSPS) is 49.4. The first-order chi connectivity index (χ1) is 12.1. The highest BCUT2D eigenvalue weighted by molar-refractivity contribution is 5.75. The first kappa shape index (κ1) is 18.3. The van der Waals surface area contributed by atoms with E-state index in [2.05, 4.69) is 27.7 Å². The molecule has 4 aliphatic rings. The molecule has 7 atom stereocenters. The Bertz CT molecular complexity index is 626. The van der Waals surface area contributed by atoms with Crippen LogP contribution >= 0.6 is 0 Å². The number of carbonyl (C=O) groups excluding carboxylic acids is 2. The van der Waals surface area contributed by atoms with Crippen molar-refractivity contribution in [1.29, 1.82) is 0 Å². The lowest BCUT2D eigenvalue weighted by Crippen LogP contribution is -2.65. The Hall–Kier alpha value is -1.06. The van der Waals surface area contributed by atoms with Gasteiger partial charge in [-0.05, 0) is 54.8 Å². The fraction of sp³-hybridized carbons (Fsp3) is 0.909. The van der Waals surface area contributed by atoms with Crippen molar-refractivity contribution in [3.8, 4) is 0 Å². The number of hydrogen-bond acceptors (Lipinski definition) is 4. The summed E-state index contributed by atoms with van der Waals surface area (Å²) < 4.78 is 11.5. The van der Waals surface area contributed by atoms with Crippen molar-refractivity contribution in [2.75, 3.05) is 6.61 Å². The van der Waals surface area contributed by atoms with Gasteiger partial charge in [-0.25, -0.2) is 0 Å². The third kappa shape index (κ3) is 2.32. The van der Waals surface area contributed by atoms with Gasteiger partial charge < -0.3 is 9.47 Å². The number of hydrogen-bond donors (Lipinski definition) is 0. The molecule has 146 valence electrons. The van der Waals surface area contributed by atoms with Gasteiger partial charge in [-0.1, -0.05) is 34.1 Å². The molecule has 0 aromatic heterocycles. The number of cyclic esters (lactones) is 1. The molecular formula is C22H34O4. The number of esters is 2. The quantitative estimate of drug-likeness (QED) is 0.650. The Labute approximate surface area is 157 Å². The number of fused-ring (bicyclic) bond motifs is 5. The molecule has 3 aliphatic carbocycles. The third-order valence-electron chi connectivity index (χ3n) is 9.03. The summed E-state index contributed by atoms with van der Waals surface area (Å²) in [5, 5.41) is 0. The molecule has 4 rings (SSSR count). The van der Waals surface area contributed by atoms with Gasteiger partial charge in [0.05, 0.1) is 12.5 Å². The Morgan fingerprint density at radius 1 is 1.12 bits per heavy atom. The maximum absolute atomic E-state index is 12.3. The first-order valence-corrected chi connectivity index (χ1v) is 10.4. The first-order valence-electron chi connectivity index (χ1n) is 10.4. The molecule has 4 heteroatoms. The Balaban J connectivity index is 1.80. The molecule has 0 aromatic carbocycles. The summed E-state index contributed by atoms with van der Waals surface area (Å²) in [4.78, 5) is 24.3. The van der Waals surface area contributed by atoms with Crippen LogP contribution < -0.4 is 0 Å². The van der Waals surface area contributed by atoms with Crippen molar-refractivity contribution in [1.82, 2.24) is 0 Å². The van der Waals surface area contributed by atoms with Crippen LogP contribution in [0.25, 0.3) is 0 Å². The van der Waals surface area contributed by atoms with Gasteiger partial charge in [-0.15, -0.1) is 0 Å². The zero-order chi connectivity index (χ0) is 18.9. The highest BCUT2D eigenvalue weighted by Gasteiger charge is 2.68. The van der Waals surface area contributed by atoms with Gasteiger partial charge in [0.1, 0.15) is 6.10 Å². The maximum atomic E-state index is 12.3. The van der Waals surface area contributed by atoms with E-state index in [9.17, 15) is 9.59 Å². The molecule has 1 aliphatic heterocycles. The summed E-state index contributed by atoms with van der Waals surface area (Å²) in [6, 6.07) is 0. The van der Waals surface area contributed by atoms with Crippen LogP contribution in [0.1, 0.15) is 73.1 Å². The van der Waals surface area contributed by atoms with Gasteiger partial charge in [0, 0.05) is 18.3 Å². The predicted octanol–water partition coefficient (Wildman–Crippen LogP) is 4.36. The van der Waals surface area contributed by atoms with Crippen molar-refractivity contribution in [2.24, 2.45) is 39.9 Å². The minimum absolute atomic E-state index is 0.00828. The van der Waals surface area contributed by atoms with Crippen LogP contribution in [0, 0.1) is 39.9 Å². The van der Waals surface area contributed by atoms with Gasteiger partial charge in [0.25, 0.3) is 0 Å². The lowest BCUT2D eigenvalue weighted by Gasteiger charge is -2.67. The van der Waals surface area contributed by atoms with Crippen LogP contribution in [0.4, 0.5) is 0 Å². The number of ether oxygens (including phenoxy) is 2. The molecule has 0 spiro atoms. The van der Waals surface area contributed by atoms with E-state index in [0.717, 1.165) is 19.3 Å². The molecule has 1 heterocycles. The van der Waals surface area contributed by atoms with E-state index < -0.39 is 0 Å². The third-order valence-corrected chi connectivity index (χ3v) is 9.03. The minimum Gasteiger partial charge on any atom is -0.465 e. The van der Waals surface area contributed by atoms with E-state index in [1.165, 1.54) is 26.2 Å². The fourth-order valence-corrected chi connectivity index (χ4v) is 7.93. The second-order valence-electron chi connectivity index (χ2n) is 10.6. The molecule has 7 unspecified atom stereocenters. The fourth-order valence-electron chi connectivity index (χ4n) is 7.93. The largest absolute Gasteiger partial charge is 0.465 e. The molecule has 0 N–H and O–H groups in total. The van der Waals surface area contributed by atoms with E-state index in [1.54, 1.807) is 0 Å². The summed E-state index contributed by atoms with van der Waals surface area (Å²) in [7, 11) is 0. The van der Waals surface area contributed by atoms with Crippen LogP contribution in [0.2, 0.25) is 0 Å².